The molecule has 0 aromatic carbocycles. The van der Waals surface area contributed by atoms with Crippen molar-refractivity contribution in [2.45, 2.75) is 87.0 Å². The molecule has 5 aliphatic rings. The molecule has 5 heteroatoms. The first-order chi connectivity index (χ1) is 17.2. The molecule has 5 nitrogen and oxygen atoms in total. The summed E-state index contributed by atoms with van der Waals surface area (Å²) in [6, 6.07) is 0. The zero-order valence-electron chi connectivity index (χ0n) is 24.0. The summed E-state index contributed by atoms with van der Waals surface area (Å²) in [6.45, 7) is 23.4. The number of Topliss-reactive ketones (excluding diaryl/α,β-unsaturated/α-hetero) is 1. The van der Waals surface area contributed by atoms with E-state index in [1.165, 1.54) is 0 Å². The van der Waals surface area contributed by atoms with Crippen LogP contribution in [0.25, 0.3) is 4.85 Å². The molecule has 3 saturated carbocycles. The quantitative estimate of drug-likeness (QED) is 0.230. The molecule has 9 atom stereocenters. The van der Waals surface area contributed by atoms with Gasteiger partial charge in [-0.05, 0) is 79.1 Å². The third-order valence-corrected chi connectivity index (χ3v) is 12.7. The Morgan fingerprint density at radius 1 is 1.05 bits per heavy atom. The Hall–Kier alpha value is -2.22. The number of hydrogen-bond acceptors (Lipinski definition) is 4. The van der Waals surface area contributed by atoms with Gasteiger partial charge in [-0.2, -0.15) is 0 Å². The van der Waals surface area contributed by atoms with Gasteiger partial charge >= 0.3 is 0 Å². The maximum Gasteiger partial charge on any atom is 0.226 e. The molecular weight excluding hydrogens is 460 g/mol. The number of fused-ring (bicyclic) bond motifs is 7. The molecule has 0 aromatic rings. The van der Waals surface area contributed by atoms with Crippen molar-refractivity contribution in [1.29, 1.82) is 0 Å². The standard InChI is InChI=1S/C32H44N2O3/c1-19-10-13-32(18-34-37-9)15-14-31(7)26(25(32)20(19)2)22(35)16-24-29(5)17-21(33-8)27(36)28(3,4)23(29)11-12-30(24,31)6/h16-20,23,25-26H,10-15H2,1-7,9H3/b34-18+/t19-,20+,23+,25+,26-,29+,30-,31-,32-/m1/s1. The van der Waals surface area contributed by atoms with Gasteiger partial charge in [0.2, 0.25) is 5.70 Å². The minimum Gasteiger partial charge on any atom is -0.399 e. The van der Waals surface area contributed by atoms with E-state index in [-0.39, 0.29) is 51.3 Å². The van der Waals surface area contributed by atoms with Crippen molar-refractivity contribution in [3.05, 3.63) is 34.8 Å². The van der Waals surface area contributed by atoms with Gasteiger partial charge in [-0.25, -0.2) is 4.85 Å². The summed E-state index contributed by atoms with van der Waals surface area (Å²) in [5.74, 6) is 1.39. The number of carbonyl (C=O) groups excluding carboxylic acids is 2. The predicted octanol–water partition coefficient (Wildman–Crippen LogP) is 7.05. The minimum atomic E-state index is -0.627. The minimum absolute atomic E-state index is 0.0506. The second-order valence-corrected chi connectivity index (χ2v) is 14.3. The fourth-order valence-corrected chi connectivity index (χ4v) is 10.3. The van der Waals surface area contributed by atoms with Crippen LogP contribution in [0, 0.1) is 63.2 Å². The topological polar surface area (TPSA) is 60.1 Å². The van der Waals surface area contributed by atoms with E-state index in [2.05, 4.69) is 44.6 Å². The lowest BCUT2D eigenvalue weighted by Gasteiger charge is -2.69. The molecule has 0 aromatic heterocycles. The molecule has 37 heavy (non-hydrogen) atoms. The van der Waals surface area contributed by atoms with Gasteiger partial charge in [0, 0.05) is 22.2 Å². The molecule has 0 aliphatic heterocycles. The third-order valence-electron chi connectivity index (χ3n) is 12.7. The second-order valence-electron chi connectivity index (χ2n) is 14.3. The molecule has 5 rings (SSSR count). The number of allylic oxidation sites excluding steroid dienone is 4. The summed E-state index contributed by atoms with van der Waals surface area (Å²) in [6.07, 6.45) is 12.0. The van der Waals surface area contributed by atoms with Crippen LogP contribution in [0.15, 0.2) is 28.6 Å². The first-order valence-electron chi connectivity index (χ1n) is 14.2. The van der Waals surface area contributed by atoms with Crippen LogP contribution in [0.1, 0.15) is 87.0 Å². The number of rotatable bonds is 2. The summed E-state index contributed by atoms with van der Waals surface area (Å²) >= 11 is 0. The number of carbonyl (C=O) groups is 2. The maximum atomic E-state index is 14.4. The highest BCUT2D eigenvalue weighted by molar-refractivity contribution is 6.03. The Morgan fingerprint density at radius 3 is 2.41 bits per heavy atom. The highest BCUT2D eigenvalue weighted by Crippen LogP contribution is 2.74. The number of nitrogens with zero attached hydrogens (tertiary/aromatic N) is 2. The zero-order chi connectivity index (χ0) is 27.2. The normalized spacial score (nSPS) is 48.6. The first kappa shape index (κ1) is 26.4. The van der Waals surface area contributed by atoms with Crippen LogP contribution in [-0.4, -0.2) is 24.9 Å². The largest absolute Gasteiger partial charge is 0.399 e. The van der Waals surface area contributed by atoms with Crippen LogP contribution in [0.3, 0.4) is 0 Å². The van der Waals surface area contributed by atoms with Gasteiger partial charge in [0.25, 0.3) is 0 Å². The van der Waals surface area contributed by atoms with Crippen LogP contribution < -0.4 is 0 Å². The summed E-state index contributed by atoms with van der Waals surface area (Å²) in [4.78, 5) is 36.5. The van der Waals surface area contributed by atoms with Gasteiger partial charge in [-0.3, -0.25) is 4.79 Å². The Kier molecular flexibility index (Phi) is 5.81. The molecule has 0 saturated heterocycles. The molecule has 3 fully saturated rings. The fourth-order valence-electron chi connectivity index (χ4n) is 10.3. The van der Waals surface area contributed by atoms with Crippen LogP contribution >= 0.6 is 0 Å². The van der Waals surface area contributed by atoms with Crippen molar-refractivity contribution < 1.29 is 14.4 Å². The van der Waals surface area contributed by atoms with Crippen molar-refractivity contribution in [1.82, 2.24) is 0 Å². The van der Waals surface area contributed by atoms with Crippen molar-refractivity contribution in [2.24, 2.45) is 61.8 Å². The number of hydrogen-bond donors (Lipinski definition) is 0. The van der Waals surface area contributed by atoms with Crippen molar-refractivity contribution in [3.63, 3.8) is 0 Å². The Labute approximate surface area is 223 Å². The number of ketones is 2. The van der Waals surface area contributed by atoms with E-state index in [9.17, 15) is 9.59 Å². The Bertz CT molecular complexity index is 1170. The molecule has 200 valence electrons. The maximum absolute atomic E-state index is 14.4. The van der Waals surface area contributed by atoms with Gasteiger partial charge in [0.05, 0.1) is 12.8 Å². The van der Waals surface area contributed by atoms with E-state index < -0.39 is 10.8 Å². The second kappa shape index (κ2) is 8.14. The van der Waals surface area contributed by atoms with E-state index in [0.29, 0.717) is 11.8 Å². The van der Waals surface area contributed by atoms with E-state index in [1.807, 2.05) is 32.2 Å². The highest BCUT2D eigenvalue weighted by atomic mass is 16.6. The molecule has 0 radical (unpaired) electrons. The molecule has 0 amide bonds. The lowest BCUT2D eigenvalue weighted by molar-refractivity contribution is -0.165. The Balaban J connectivity index is 1.70. The summed E-state index contributed by atoms with van der Waals surface area (Å²) in [5, 5.41) is 4.30. The highest BCUT2D eigenvalue weighted by Gasteiger charge is 2.70. The summed E-state index contributed by atoms with van der Waals surface area (Å²) in [7, 11) is 1.60. The summed E-state index contributed by atoms with van der Waals surface area (Å²) in [5.41, 5.74) is -0.190. The van der Waals surface area contributed by atoms with Crippen molar-refractivity contribution in [3.8, 4) is 0 Å². The van der Waals surface area contributed by atoms with Gasteiger partial charge < -0.3 is 9.63 Å². The SMILES string of the molecule is [C-]#[N+]C1=C[C@]2(C)C3=CC(=O)[C@@H]4[C@@H]5[C@@H](C)[C@H](C)CC[C@]5(/C=N/OC)CC[C@@]4(C)[C@]3(C)CC[C@H]2C(C)(C)C1=O. The summed E-state index contributed by atoms with van der Waals surface area (Å²) < 4.78 is 0. The Morgan fingerprint density at radius 2 is 1.76 bits per heavy atom. The number of oxime groups is 1. The molecule has 0 spiro atoms. The molecule has 5 aliphatic carbocycles. The van der Waals surface area contributed by atoms with E-state index in [4.69, 9.17) is 11.4 Å². The predicted molar refractivity (Wildman–Crippen MR) is 145 cm³/mol. The van der Waals surface area contributed by atoms with Crippen molar-refractivity contribution in [2.75, 3.05) is 7.11 Å². The smallest absolute Gasteiger partial charge is 0.226 e. The average Bonchev–Trinajstić information content (AvgIpc) is 2.85. The lowest BCUT2D eigenvalue weighted by atomic mass is 9.34. The van der Waals surface area contributed by atoms with Gasteiger partial charge in [0.1, 0.15) is 7.11 Å². The van der Waals surface area contributed by atoms with Crippen LogP contribution in [0.4, 0.5) is 0 Å². The van der Waals surface area contributed by atoms with Gasteiger partial charge in [0.15, 0.2) is 11.6 Å². The van der Waals surface area contributed by atoms with Crippen LogP contribution in [0.2, 0.25) is 0 Å². The van der Waals surface area contributed by atoms with Crippen LogP contribution in [0.5, 0.6) is 0 Å². The average molecular weight is 505 g/mol. The molecule has 0 heterocycles. The third kappa shape index (κ3) is 3.17. The molecular formula is C32H44N2O3. The van der Waals surface area contributed by atoms with Crippen molar-refractivity contribution >= 4 is 17.8 Å². The van der Waals surface area contributed by atoms with E-state index in [0.717, 1.165) is 44.1 Å². The van der Waals surface area contributed by atoms with Crippen LogP contribution in [-0.2, 0) is 14.4 Å². The first-order valence-corrected chi connectivity index (χ1v) is 14.2. The fraction of sp³-hybridized carbons (Fsp3) is 0.750. The molecule has 0 bridgehead atoms. The van der Waals surface area contributed by atoms with Gasteiger partial charge in [-0.15, -0.1) is 0 Å². The zero-order valence-corrected chi connectivity index (χ0v) is 24.0. The lowest BCUT2D eigenvalue weighted by Crippen LogP contribution is -2.65. The van der Waals surface area contributed by atoms with E-state index in [1.54, 1.807) is 7.11 Å². The van der Waals surface area contributed by atoms with E-state index >= 15 is 0 Å². The molecule has 0 unspecified atom stereocenters. The molecule has 0 N–H and O–H groups in total. The monoisotopic (exact) mass is 504 g/mol. The van der Waals surface area contributed by atoms with Gasteiger partial charge in [-0.1, -0.05) is 65.3 Å².